The van der Waals surface area contributed by atoms with Crippen molar-refractivity contribution >= 4 is 29.9 Å². The molecule has 1 aromatic rings. The highest BCUT2D eigenvalue weighted by Crippen LogP contribution is 2.29. The molecule has 6 nitrogen and oxygen atoms in total. The molecule has 0 unspecified atom stereocenters. The molecule has 0 spiro atoms. The zero-order valence-electron chi connectivity index (χ0n) is 17.2. The number of aliphatic imine (C=N–C) groups is 1. The van der Waals surface area contributed by atoms with Crippen molar-refractivity contribution in [1.29, 1.82) is 0 Å². The maximum Gasteiger partial charge on any atom is 0.213 e. The molecule has 0 bridgehead atoms. The van der Waals surface area contributed by atoms with Crippen LogP contribution in [-0.4, -0.2) is 55.7 Å². The lowest BCUT2D eigenvalue weighted by molar-refractivity contribution is 0.282. The molecule has 2 fully saturated rings. The van der Waals surface area contributed by atoms with Crippen LogP contribution >= 0.6 is 24.0 Å². The molecule has 3 rings (SSSR count). The number of pyridine rings is 1. The molecule has 0 aromatic carbocycles. The zero-order valence-corrected chi connectivity index (χ0v) is 19.5. The first-order valence-corrected chi connectivity index (χ1v) is 10.6. The van der Waals surface area contributed by atoms with Gasteiger partial charge in [-0.25, -0.2) is 4.98 Å². The summed E-state index contributed by atoms with van der Waals surface area (Å²) in [6.45, 7) is 6.16. The Hall–Kier alpha value is -1.09. The molecule has 2 N–H and O–H groups in total. The van der Waals surface area contributed by atoms with E-state index in [1.165, 1.54) is 58.2 Å². The average Bonchev–Trinajstić information content (AvgIpc) is 3.54. The lowest BCUT2D eigenvalue weighted by Crippen LogP contribution is -2.38. The van der Waals surface area contributed by atoms with Gasteiger partial charge in [0, 0.05) is 32.4 Å². The minimum atomic E-state index is 0. The molecule has 0 radical (unpaired) electrons. The summed E-state index contributed by atoms with van der Waals surface area (Å²) in [7, 11) is 1.82. The summed E-state index contributed by atoms with van der Waals surface area (Å²) in [5.41, 5.74) is 1.16. The molecular weight excluding hydrogens is 465 g/mol. The number of nitrogens with zero attached hydrogens (tertiary/aromatic N) is 3. The summed E-state index contributed by atoms with van der Waals surface area (Å²) in [4.78, 5) is 11.2. The van der Waals surface area contributed by atoms with E-state index in [0.717, 1.165) is 42.9 Å². The van der Waals surface area contributed by atoms with Crippen LogP contribution in [0.4, 0.5) is 0 Å². The van der Waals surface area contributed by atoms with Gasteiger partial charge < -0.3 is 20.3 Å². The number of ether oxygens (including phenoxy) is 1. The largest absolute Gasteiger partial charge is 0.477 e. The van der Waals surface area contributed by atoms with Crippen LogP contribution in [0.5, 0.6) is 5.88 Å². The Morgan fingerprint density at radius 3 is 2.71 bits per heavy atom. The van der Waals surface area contributed by atoms with Crippen molar-refractivity contribution in [3.05, 3.63) is 23.9 Å². The minimum Gasteiger partial charge on any atom is -0.477 e. The zero-order chi connectivity index (χ0) is 18.7. The SMILES string of the molecule is CN=C(NCCCN1CCCCCC1)NCc1ccnc(OCC2CC2)c1.I. The van der Waals surface area contributed by atoms with E-state index in [1.807, 2.05) is 25.4 Å². The Balaban J connectivity index is 0.00000280. The number of rotatable bonds is 9. The molecule has 7 heteroatoms. The highest BCUT2D eigenvalue weighted by atomic mass is 127. The second kappa shape index (κ2) is 13.2. The first-order chi connectivity index (χ1) is 13.3. The van der Waals surface area contributed by atoms with Gasteiger partial charge in [-0.05, 0) is 69.3 Å². The van der Waals surface area contributed by atoms with Crippen LogP contribution in [0.3, 0.4) is 0 Å². The van der Waals surface area contributed by atoms with Gasteiger partial charge in [0.15, 0.2) is 5.96 Å². The average molecular weight is 501 g/mol. The summed E-state index contributed by atoms with van der Waals surface area (Å²) < 4.78 is 5.76. The van der Waals surface area contributed by atoms with Crippen LogP contribution in [0, 0.1) is 5.92 Å². The second-order valence-corrected chi connectivity index (χ2v) is 7.72. The van der Waals surface area contributed by atoms with Gasteiger partial charge in [0.05, 0.1) is 6.61 Å². The third-order valence-electron chi connectivity index (χ3n) is 5.29. The molecule has 1 aliphatic carbocycles. The van der Waals surface area contributed by atoms with Crippen LogP contribution in [0.25, 0.3) is 0 Å². The van der Waals surface area contributed by atoms with E-state index in [4.69, 9.17) is 4.74 Å². The summed E-state index contributed by atoms with van der Waals surface area (Å²) in [5, 5.41) is 6.80. The van der Waals surface area contributed by atoms with Crippen LogP contribution in [0.2, 0.25) is 0 Å². The first-order valence-electron chi connectivity index (χ1n) is 10.6. The van der Waals surface area contributed by atoms with Gasteiger partial charge in [0.2, 0.25) is 5.88 Å². The molecule has 1 aliphatic heterocycles. The summed E-state index contributed by atoms with van der Waals surface area (Å²) >= 11 is 0. The highest BCUT2D eigenvalue weighted by molar-refractivity contribution is 14.0. The third-order valence-corrected chi connectivity index (χ3v) is 5.29. The molecular formula is C21H36IN5O. The van der Waals surface area contributed by atoms with Gasteiger partial charge in [0.1, 0.15) is 0 Å². The van der Waals surface area contributed by atoms with Crippen molar-refractivity contribution < 1.29 is 4.74 Å². The topological polar surface area (TPSA) is 61.8 Å². The lowest BCUT2D eigenvalue weighted by Gasteiger charge is -2.20. The molecule has 2 aliphatic rings. The van der Waals surface area contributed by atoms with Gasteiger partial charge in [-0.1, -0.05) is 12.8 Å². The molecule has 1 aromatic heterocycles. The Kier molecular flexibility index (Phi) is 10.9. The van der Waals surface area contributed by atoms with Crippen molar-refractivity contribution in [2.24, 2.45) is 10.9 Å². The van der Waals surface area contributed by atoms with Crippen molar-refractivity contribution in [1.82, 2.24) is 20.5 Å². The van der Waals surface area contributed by atoms with Gasteiger partial charge in [-0.2, -0.15) is 0 Å². The maximum atomic E-state index is 5.76. The number of guanidine groups is 1. The molecule has 158 valence electrons. The van der Waals surface area contributed by atoms with E-state index in [-0.39, 0.29) is 24.0 Å². The minimum absolute atomic E-state index is 0. The van der Waals surface area contributed by atoms with Crippen LogP contribution in [-0.2, 0) is 6.54 Å². The fraction of sp³-hybridized carbons (Fsp3) is 0.714. The van der Waals surface area contributed by atoms with Gasteiger partial charge in [-0.15, -0.1) is 24.0 Å². The van der Waals surface area contributed by atoms with Gasteiger partial charge in [0.25, 0.3) is 0 Å². The predicted octanol–water partition coefficient (Wildman–Crippen LogP) is 3.42. The standard InChI is InChI=1S/C21H35N5O.HI/c1-22-21(24-10-6-14-26-12-4-2-3-5-13-26)25-16-19-9-11-23-20(15-19)27-17-18-7-8-18;/h9,11,15,18H,2-8,10,12-14,16-17H2,1H3,(H2,22,24,25);1H. The van der Waals surface area contributed by atoms with Crippen LogP contribution in [0.1, 0.15) is 50.5 Å². The van der Waals surface area contributed by atoms with E-state index in [2.05, 4.69) is 25.5 Å². The number of nitrogens with one attached hydrogen (secondary N) is 2. The Labute approximate surface area is 186 Å². The Morgan fingerprint density at radius 1 is 1.21 bits per heavy atom. The van der Waals surface area contributed by atoms with E-state index in [0.29, 0.717) is 6.54 Å². The number of hydrogen-bond donors (Lipinski definition) is 2. The summed E-state index contributed by atoms with van der Waals surface area (Å²) in [6.07, 6.45) is 11.1. The van der Waals surface area contributed by atoms with E-state index >= 15 is 0 Å². The summed E-state index contributed by atoms with van der Waals surface area (Å²) in [6, 6.07) is 4.03. The van der Waals surface area contributed by atoms with Crippen molar-refractivity contribution in [2.75, 3.05) is 39.8 Å². The van der Waals surface area contributed by atoms with Gasteiger partial charge in [-0.3, -0.25) is 4.99 Å². The number of likely N-dealkylation sites (tertiary alicyclic amines) is 1. The quantitative estimate of drug-likeness (QED) is 0.235. The van der Waals surface area contributed by atoms with Crippen molar-refractivity contribution in [3.63, 3.8) is 0 Å². The van der Waals surface area contributed by atoms with Crippen LogP contribution in [0.15, 0.2) is 23.3 Å². The van der Waals surface area contributed by atoms with E-state index in [9.17, 15) is 0 Å². The normalized spacial score (nSPS) is 18.1. The van der Waals surface area contributed by atoms with Crippen molar-refractivity contribution in [3.8, 4) is 5.88 Å². The van der Waals surface area contributed by atoms with Crippen LogP contribution < -0.4 is 15.4 Å². The van der Waals surface area contributed by atoms with Crippen molar-refractivity contribution in [2.45, 2.75) is 51.5 Å². The molecule has 0 amide bonds. The molecule has 0 atom stereocenters. The molecule has 2 heterocycles. The lowest BCUT2D eigenvalue weighted by atomic mass is 10.2. The molecule has 1 saturated carbocycles. The molecule has 1 saturated heterocycles. The number of halogens is 1. The van der Waals surface area contributed by atoms with Gasteiger partial charge >= 0.3 is 0 Å². The Morgan fingerprint density at radius 2 is 2.00 bits per heavy atom. The maximum absolute atomic E-state index is 5.76. The van der Waals surface area contributed by atoms with E-state index in [1.54, 1.807) is 0 Å². The first kappa shape index (κ1) is 23.2. The Bertz CT molecular complexity index is 586. The second-order valence-electron chi connectivity index (χ2n) is 7.72. The third kappa shape index (κ3) is 8.94. The predicted molar refractivity (Wildman–Crippen MR) is 126 cm³/mol. The fourth-order valence-electron chi connectivity index (χ4n) is 3.40. The summed E-state index contributed by atoms with van der Waals surface area (Å²) in [5.74, 6) is 2.32. The number of hydrogen-bond acceptors (Lipinski definition) is 4. The fourth-order valence-corrected chi connectivity index (χ4v) is 3.40. The number of aromatic nitrogens is 1. The molecule has 28 heavy (non-hydrogen) atoms. The van der Waals surface area contributed by atoms with E-state index < -0.39 is 0 Å². The smallest absolute Gasteiger partial charge is 0.213 e. The highest BCUT2D eigenvalue weighted by Gasteiger charge is 2.22. The monoisotopic (exact) mass is 501 g/mol.